The second-order valence-electron chi connectivity index (χ2n) is 2.44. The molecule has 1 aromatic carbocycles. The van der Waals surface area contributed by atoms with Gasteiger partial charge in [-0.25, -0.2) is 0 Å². The summed E-state index contributed by atoms with van der Waals surface area (Å²) in [6, 6.07) is 5.06. The highest BCUT2D eigenvalue weighted by molar-refractivity contribution is 7.98. The fraction of sp³-hybridized carbons (Fsp3) is 0.222. The quantitative estimate of drug-likeness (QED) is 0.563. The molecule has 0 aliphatic heterocycles. The van der Waals surface area contributed by atoms with E-state index in [1.807, 2.05) is 12.3 Å². The third kappa shape index (κ3) is 1.80. The predicted molar refractivity (Wildman–Crippen MR) is 49.9 cm³/mol. The summed E-state index contributed by atoms with van der Waals surface area (Å²) in [5, 5.41) is 9.36. The maximum Gasteiger partial charge on any atom is 0.163 e. The van der Waals surface area contributed by atoms with E-state index < -0.39 is 0 Å². The second kappa shape index (κ2) is 3.63. The van der Waals surface area contributed by atoms with Gasteiger partial charge in [0.1, 0.15) is 5.75 Å². The highest BCUT2D eigenvalue weighted by Crippen LogP contribution is 2.24. The Labute approximate surface area is 75.6 Å². The van der Waals surface area contributed by atoms with E-state index in [-0.39, 0.29) is 11.5 Å². The van der Waals surface area contributed by atoms with Crippen LogP contribution in [0.1, 0.15) is 17.3 Å². The van der Waals surface area contributed by atoms with E-state index in [0.29, 0.717) is 5.56 Å². The first-order valence-electron chi connectivity index (χ1n) is 3.53. The van der Waals surface area contributed by atoms with E-state index in [1.165, 1.54) is 18.7 Å². The van der Waals surface area contributed by atoms with E-state index in [0.717, 1.165) is 4.90 Å². The number of carbonyl (C=O) groups is 1. The van der Waals surface area contributed by atoms with Crippen LogP contribution in [0.15, 0.2) is 23.1 Å². The van der Waals surface area contributed by atoms with Crippen molar-refractivity contribution >= 4 is 17.5 Å². The molecule has 3 heteroatoms. The highest BCUT2D eigenvalue weighted by Gasteiger charge is 2.05. The number of carbonyl (C=O) groups excluding carboxylic acids is 1. The Morgan fingerprint density at radius 1 is 1.50 bits per heavy atom. The Bertz CT molecular complexity index is 307. The summed E-state index contributed by atoms with van der Waals surface area (Å²) in [6.45, 7) is 1.44. The molecule has 2 nitrogen and oxygen atoms in total. The molecule has 0 aliphatic rings. The van der Waals surface area contributed by atoms with Gasteiger partial charge in [0, 0.05) is 4.90 Å². The molecule has 0 radical (unpaired) electrons. The van der Waals surface area contributed by atoms with Crippen LogP contribution in [0.5, 0.6) is 5.75 Å². The van der Waals surface area contributed by atoms with Gasteiger partial charge >= 0.3 is 0 Å². The first-order valence-corrected chi connectivity index (χ1v) is 4.75. The maximum atomic E-state index is 10.9. The molecule has 0 spiro atoms. The summed E-state index contributed by atoms with van der Waals surface area (Å²) < 4.78 is 0. The van der Waals surface area contributed by atoms with Crippen LogP contribution in [-0.4, -0.2) is 17.1 Å². The van der Waals surface area contributed by atoms with Gasteiger partial charge in [0.05, 0.1) is 5.56 Å². The molecule has 64 valence electrons. The van der Waals surface area contributed by atoms with Gasteiger partial charge in [-0.1, -0.05) is 0 Å². The first-order chi connectivity index (χ1) is 5.65. The van der Waals surface area contributed by atoms with E-state index in [9.17, 15) is 9.90 Å². The molecule has 0 saturated heterocycles. The van der Waals surface area contributed by atoms with Crippen molar-refractivity contribution in [2.75, 3.05) is 6.26 Å². The van der Waals surface area contributed by atoms with E-state index in [2.05, 4.69) is 0 Å². The number of phenols is 1. The van der Waals surface area contributed by atoms with E-state index in [1.54, 1.807) is 12.1 Å². The van der Waals surface area contributed by atoms with Crippen molar-refractivity contribution in [3.8, 4) is 5.75 Å². The Morgan fingerprint density at radius 3 is 2.58 bits per heavy atom. The maximum absolute atomic E-state index is 10.9. The summed E-state index contributed by atoms with van der Waals surface area (Å²) >= 11 is 1.53. The molecule has 0 aliphatic carbocycles. The largest absolute Gasteiger partial charge is 0.507 e. The van der Waals surface area contributed by atoms with Crippen LogP contribution >= 0.6 is 11.8 Å². The average molecular weight is 182 g/mol. The molecule has 0 bridgehead atoms. The summed E-state index contributed by atoms with van der Waals surface area (Å²) in [5.41, 5.74) is 0.382. The molecule has 1 aromatic rings. The van der Waals surface area contributed by atoms with E-state index >= 15 is 0 Å². The van der Waals surface area contributed by atoms with Gasteiger partial charge in [-0.05, 0) is 31.4 Å². The van der Waals surface area contributed by atoms with Crippen molar-refractivity contribution in [1.29, 1.82) is 0 Å². The Kier molecular flexibility index (Phi) is 2.76. The van der Waals surface area contributed by atoms with Crippen LogP contribution in [0, 0.1) is 0 Å². The zero-order valence-electron chi connectivity index (χ0n) is 7.00. The van der Waals surface area contributed by atoms with Gasteiger partial charge in [0.2, 0.25) is 0 Å². The van der Waals surface area contributed by atoms with Crippen molar-refractivity contribution in [3.63, 3.8) is 0 Å². The van der Waals surface area contributed by atoms with Crippen LogP contribution in [0.2, 0.25) is 0 Å². The lowest BCUT2D eigenvalue weighted by Crippen LogP contribution is -1.91. The SMILES string of the molecule is CSc1ccc(C(C)=O)c(O)c1. The molecule has 1 rings (SSSR count). The molecular weight excluding hydrogens is 172 g/mol. The molecular formula is C9H10O2S. The van der Waals surface area contributed by atoms with Gasteiger partial charge in [0.25, 0.3) is 0 Å². The lowest BCUT2D eigenvalue weighted by molar-refractivity contribution is 0.101. The molecule has 0 aromatic heterocycles. The second-order valence-corrected chi connectivity index (χ2v) is 3.32. The van der Waals surface area contributed by atoms with Gasteiger partial charge in [0.15, 0.2) is 5.78 Å². The van der Waals surface area contributed by atoms with Crippen molar-refractivity contribution in [3.05, 3.63) is 23.8 Å². The molecule has 0 fully saturated rings. The first kappa shape index (κ1) is 9.13. The van der Waals surface area contributed by atoms with Crippen LogP contribution in [0.25, 0.3) is 0 Å². The zero-order valence-corrected chi connectivity index (χ0v) is 7.81. The summed E-state index contributed by atoms with van der Waals surface area (Å²) in [5.74, 6) is -0.0468. The van der Waals surface area contributed by atoms with Crippen molar-refractivity contribution < 1.29 is 9.90 Å². The smallest absolute Gasteiger partial charge is 0.163 e. The predicted octanol–water partition coefficient (Wildman–Crippen LogP) is 2.32. The number of hydrogen-bond donors (Lipinski definition) is 1. The Morgan fingerprint density at radius 2 is 2.17 bits per heavy atom. The average Bonchev–Trinajstić information content (AvgIpc) is 2.03. The van der Waals surface area contributed by atoms with Crippen LogP contribution in [-0.2, 0) is 0 Å². The summed E-state index contributed by atoms with van der Waals surface area (Å²) in [7, 11) is 0. The number of hydrogen-bond acceptors (Lipinski definition) is 3. The van der Waals surface area contributed by atoms with Crippen LogP contribution in [0.4, 0.5) is 0 Å². The van der Waals surface area contributed by atoms with Crippen LogP contribution in [0.3, 0.4) is 0 Å². The zero-order chi connectivity index (χ0) is 9.14. The summed E-state index contributed by atoms with van der Waals surface area (Å²) in [6.07, 6.45) is 1.92. The monoisotopic (exact) mass is 182 g/mol. The van der Waals surface area contributed by atoms with Gasteiger partial charge in [-0.2, -0.15) is 0 Å². The highest BCUT2D eigenvalue weighted by atomic mass is 32.2. The lowest BCUT2D eigenvalue weighted by atomic mass is 10.1. The molecule has 0 atom stereocenters. The number of ketones is 1. The molecule has 0 unspecified atom stereocenters. The standard InChI is InChI=1S/C9H10O2S/c1-6(10)8-4-3-7(12-2)5-9(8)11/h3-5,11H,1-2H3. The third-order valence-electron chi connectivity index (χ3n) is 1.58. The number of thioether (sulfide) groups is 1. The molecule has 0 saturated carbocycles. The normalized spacial score (nSPS) is 9.83. The Hall–Kier alpha value is -0.960. The van der Waals surface area contributed by atoms with Gasteiger partial charge in [-0.15, -0.1) is 11.8 Å². The third-order valence-corrected chi connectivity index (χ3v) is 2.31. The Balaban J connectivity index is 3.12. The molecule has 12 heavy (non-hydrogen) atoms. The molecule has 0 heterocycles. The van der Waals surface area contributed by atoms with Crippen LogP contribution < -0.4 is 0 Å². The molecule has 0 amide bonds. The fourth-order valence-corrected chi connectivity index (χ4v) is 1.37. The minimum Gasteiger partial charge on any atom is -0.507 e. The van der Waals surface area contributed by atoms with Crippen molar-refractivity contribution in [1.82, 2.24) is 0 Å². The lowest BCUT2D eigenvalue weighted by Gasteiger charge is -2.01. The van der Waals surface area contributed by atoms with Crippen molar-refractivity contribution in [2.24, 2.45) is 0 Å². The number of rotatable bonds is 2. The number of Topliss-reactive ketones (excluding diaryl/α,β-unsaturated/α-hetero) is 1. The van der Waals surface area contributed by atoms with Gasteiger partial charge < -0.3 is 5.11 Å². The number of phenolic OH excluding ortho intramolecular Hbond substituents is 1. The minimum atomic E-state index is -0.111. The minimum absolute atomic E-state index is 0.0642. The van der Waals surface area contributed by atoms with Gasteiger partial charge in [-0.3, -0.25) is 4.79 Å². The molecule has 1 N–H and O–H groups in total. The fourth-order valence-electron chi connectivity index (χ4n) is 0.936. The number of aromatic hydroxyl groups is 1. The van der Waals surface area contributed by atoms with Crippen molar-refractivity contribution in [2.45, 2.75) is 11.8 Å². The topological polar surface area (TPSA) is 37.3 Å². The van der Waals surface area contributed by atoms with E-state index in [4.69, 9.17) is 0 Å². The number of benzene rings is 1. The summed E-state index contributed by atoms with van der Waals surface area (Å²) in [4.78, 5) is 11.9.